The van der Waals surface area contributed by atoms with Gasteiger partial charge in [0, 0.05) is 6.54 Å². The molecule has 5 nitrogen and oxygen atoms in total. The van der Waals surface area contributed by atoms with Crippen molar-refractivity contribution in [3.8, 4) is 0 Å². The summed E-state index contributed by atoms with van der Waals surface area (Å²) in [5.41, 5.74) is 5.99. The highest BCUT2D eigenvalue weighted by molar-refractivity contribution is 5.88. The van der Waals surface area contributed by atoms with Crippen molar-refractivity contribution in [1.29, 1.82) is 0 Å². The van der Waals surface area contributed by atoms with E-state index in [1.807, 2.05) is 20.8 Å². The molecule has 0 aliphatic carbocycles. The number of nitrogens with two attached hydrogens (primary N) is 1. The Kier molecular flexibility index (Phi) is 6.99. The fraction of sp³-hybridized carbons (Fsp3) is 0.867. The van der Waals surface area contributed by atoms with E-state index in [4.69, 9.17) is 10.5 Å². The zero-order valence-corrected chi connectivity index (χ0v) is 12.9. The van der Waals surface area contributed by atoms with Gasteiger partial charge in [-0.25, -0.2) is 4.79 Å². The molecule has 1 amide bonds. The Balaban J connectivity index is 2.60. The quantitative estimate of drug-likeness (QED) is 0.570. The summed E-state index contributed by atoms with van der Waals surface area (Å²) in [7, 11) is 0. The molecule has 0 spiro atoms. The summed E-state index contributed by atoms with van der Waals surface area (Å²) < 4.78 is 5.24. The second kappa shape index (κ2) is 8.25. The number of hydrogen-bond acceptors (Lipinski definition) is 4. The normalized spacial score (nSPS) is 21.6. The Labute approximate surface area is 121 Å². The number of rotatable bonds is 7. The van der Waals surface area contributed by atoms with Crippen LogP contribution in [0.2, 0.25) is 0 Å². The van der Waals surface area contributed by atoms with Crippen LogP contribution in [0.25, 0.3) is 0 Å². The van der Waals surface area contributed by atoms with Crippen molar-refractivity contribution in [2.24, 2.45) is 11.7 Å². The summed E-state index contributed by atoms with van der Waals surface area (Å²) in [5, 5.41) is 0. The van der Waals surface area contributed by atoms with E-state index in [0.717, 1.165) is 25.7 Å². The zero-order valence-electron chi connectivity index (χ0n) is 12.9. The lowest BCUT2D eigenvalue weighted by atomic mass is 9.98. The minimum Gasteiger partial charge on any atom is -0.464 e. The second-order valence-electron chi connectivity index (χ2n) is 5.62. The van der Waals surface area contributed by atoms with Crippen molar-refractivity contribution in [3.63, 3.8) is 0 Å². The lowest BCUT2D eigenvalue weighted by molar-refractivity contribution is -0.154. The first-order valence-corrected chi connectivity index (χ1v) is 7.75. The predicted octanol–water partition coefficient (Wildman–Crippen LogP) is 1.69. The Morgan fingerprint density at radius 3 is 2.70 bits per heavy atom. The third kappa shape index (κ3) is 4.20. The average molecular weight is 284 g/mol. The van der Waals surface area contributed by atoms with Gasteiger partial charge in [0.25, 0.3) is 0 Å². The van der Waals surface area contributed by atoms with E-state index < -0.39 is 12.1 Å². The maximum Gasteiger partial charge on any atom is 0.328 e. The number of nitrogens with zero attached hydrogens (tertiary/aromatic N) is 1. The summed E-state index contributed by atoms with van der Waals surface area (Å²) in [5.74, 6) is -0.269. The minimum absolute atomic E-state index is 0.116. The number of carbonyl (C=O) groups is 2. The van der Waals surface area contributed by atoms with Crippen LogP contribution in [0.1, 0.15) is 52.9 Å². The van der Waals surface area contributed by atoms with Gasteiger partial charge in [-0.2, -0.15) is 0 Å². The predicted molar refractivity (Wildman–Crippen MR) is 78.0 cm³/mol. The van der Waals surface area contributed by atoms with Gasteiger partial charge in [0.15, 0.2) is 0 Å². The first kappa shape index (κ1) is 17.0. The van der Waals surface area contributed by atoms with Crippen molar-refractivity contribution >= 4 is 11.9 Å². The highest BCUT2D eigenvalue weighted by Crippen LogP contribution is 2.21. The standard InChI is InChI=1S/C15H28N2O3/c1-4-6-10-20-15(19)12-8-7-9-17(12)14(18)13(16)11(3)5-2/h11-13H,4-10,16H2,1-3H3/t11?,12-,13+/m1/s1. The number of carbonyl (C=O) groups excluding carboxylic acids is 2. The molecule has 1 heterocycles. The van der Waals surface area contributed by atoms with Gasteiger partial charge >= 0.3 is 5.97 Å². The SMILES string of the molecule is CCCCOC(=O)[C@H]1CCCN1C(=O)[C@@H](N)C(C)CC. The summed E-state index contributed by atoms with van der Waals surface area (Å²) in [6.07, 6.45) is 4.22. The van der Waals surface area contributed by atoms with E-state index in [9.17, 15) is 9.59 Å². The van der Waals surface area contributed by atoms with Gasteiger partial charge in [0.1, 0.15) is 6.04 Å². The van der Waals surface area contributed by atoms with Crippen LogP contribution in [0.5, 0.6) is 0 Å². The molecule has 0 aromatic rings. The number of esters is 1. The summed E-state index contributed by atoms with van der Waals surface area (Å²) in [6.45, 7) is 7.07. The van der Waals surface area contributed by atoms with E-state index in [1.165, 1.54) is 0 Å². The van der Waals surface area contributed by atoms with Crippen molar-refractivity contribution in [2.75, 3.05) is 13.2 Å². The number of unbranched alkanes of at least 4 members (excludes halogenated alkanes) is 1. The van der Waals surface area contributed by atoms with E-state index in [1.54, 1.807) is 4.90 Å². The third-order valence-corrected chi connectivity index (χ3v) is 4.09. The number of amides is 1. The first-order valence-electron chi connectivity index (χ1n) is 7.75. The molecular weight excluding hydrogens is 256 g/mol. The molecular formula is C15H28N2O3. The topological polar surface area (TPSA) is 72.6 Å². The Bertz CT molecular complexity index is 333. The highest BCUT2D eigenvalue weighted by Gasteiger charge is 2.37. The van der Waals surface area contributed by atoms with Crippen molar-refractivity contribution < 1.29 is 14.3 Å². The lowest BCUT2D eigenvalue weighted by Crippen LogP contribution is -2.51. The fourth-order valence-corrected chi connectivity index (χ4v) is 2.38. The van der Waals surface area contributed by atoms with E-state index in [0.29, 0.717) is 19.6 Å². The summed E-state index contributed by atoms with van der Waals surface area (Å²) >= 11 is 0. The maximum atomic E-state index is 12.4. The zero-order chi connectivity index (χ0) is 15.1. The van der Waals surface area contributed by atoms with Crippen LogP contribution in [0.15, 0.2) is 0 Å². The van der Waals surface area contributed by atoms with Crippen LogP contribution in [0, 0.1) is 5.92 Å². The van der Waals surface area contributed by atoms with Crippen LogP contribution < -0.4 is 5.73 Å². The average Bonchev–Trinajstić information content (AvgIpc) is 2.94. The molecule has 2 N–H and O–H groups in total. The highest BCUT2D eigenvalue weighted by atomic mass is 16.5. The van der Waals surface area contributed by atoms with Gasteiger partial charge in [0.05, 0.1) is 12.6 Å². The molecule has 0 saturated carbocycles. The molecule has 0 bridgehead atoms. The van der Waals surface area contributed by atoms with Gasteiger partial charge < -0.3 is 15.4 Å². The molecule has 1 saturated heterocycles. The lowest BCUT2D eigenvalue weighted by Gasteiger charge is -2.28. The van der Waals surface area contributed by atoms with Crippen LogP contribution in [-0.4, -0.2) is 42.0 Å². The minimum atomic E-state index is -0.524. The van der Waals surface area contributed by atoms with Crippen LogP contribution >= 0.6 is 0 Å². The molecule has 1 fully saturated rings. The van der Waals surface area contributed by atoms with Gasteiger partial charge in [0.2, 0.25) is 5.91 Å². The maximum absolute atomic E-state index is 12.4. The molecule has 1 rings (SSSR count). The largest absolute Gasteiger partial charge is 0.464 e. The van der Waals surface area contributed by atoms with Crippen molar-refractivity contribution in [1.82, 2.24) is 4.90 Å². The molecule has 0 aromatic heterocycles. The molecule has 1 aliphatic rings. The smallest absolute Gasteiger partial charge is 0.328 e. The Morgan fingerprint density at radius 1 is 1.40 bits per heavy atom. The first-order chi connectivity index (χ1) is 9.52. The molecule has 20 heavy (non-hydrogen) atoms. The van der Waals surface area contributed by atoms with Gasteiger partial charge in [-0.15, -0.1) is 0 Å². The van der Waals surface area contributed by atoms with Crippen LogP contribution in [-0.2, 0) is 14.3 Å². The van der Waals surface area contributed by atoms with Gasteiger partial charge in [-0.05, 0) is 25.2 Å². The van der Waals surface area contributed by atoms with E-state index in [2.05, 4.69) is 0 Å². The van der Waals surface area contributed by atoms with Gasteiger partial charge in [-0.3, -0.25) is 4.79 Å². The molecule has 1 aliphatic heterocycles. The summed E-state index contributed by atoms with van der Waals surface area (Å²) in [4.78, 5) is 26.0. The van der Waals surface area contributed by atoms with Gasteiger partial charge in [-0.1, -0.05) is 33.6 Å². The molecule has 5 heteroatoms. The molecule has 3 atom stereocenters. The second-order valence-corrected chi connectivity index (χ2v) is 5.62. The van der Waals surface area contributed by atoms with E-state index in [-0.39, 0.29) is 17.8 Å². The number of ether oxygens (including phenoxy) is 1. The Morgan fingerprint density at radius 2 is 2.10 bits per heavy atom. The molecule has 0 radical (unpaired) electrons. The van der Waals surface area contributed by atoms with E-state index >= 15 is 0 Å². The Hall–Kier alpha value is -1.10. The molecule has 0 aromatic carbocycles. The van der Waals surface area contributed by atoms with Crippen LogP contribution in [0.4, 0.5) is 0 Å². The summed E-state index contributed by atoms with van der Waals surface area (Å²) in [6, 6.07) is -0.960. The van der Waals surface area contributed by atoms with Crippen molar-refractivity contribution in [3.05, 3.63) is 0 Å². The molecule has 116 valence electrons. The van der Waals surface area contributed by atoms with Crippen molar-refractivity contribution in [2.45, 2.75) is 65.0 Å². The molecule has 1 unspecified atom stereocenters. The fourth-order valence-electron chi connectivity index (χ4n) is 2.38. The number of likely N-dealkylation sites (tertiary alicyclic amines) is 1. The third-order valence-electron chi connectivity index (χ3n) is 4.09. The van der Waals surface area contributed by atoms with Crippen LogP contribution in [0.3, 0.4) is 0 Å². The number of hydrogen-bond donors (Lipinski definition) is 1. The monoisotopic (exact) mass is 284 g/mol.